The smallest absolute Gasteiger partial charge is 0.337 e. The zero-order valence-electron chi connectivity index (χ0n) is 9.48. The number of piperazine rings is 1. The standard InChI is InChI=1S/C11H14ClN3O2/c1-7-6-15(3-2-13-7)10-9(12)4-8(5-14-10)11(16)17/h4-5,7,13H,2-3,6H2,1H3,(H,16,17)/t7-/m1/s1. The van der Waals surface area contributed by atoms with Gasteiger partial charge in [-0.25, -0.2) is 9.78 Å². The monoisotopic (exact) mass is 255 g/mol. The van der Waals surface area contributed by atoms with Crippen molar-refractivity contribution in [2.24, 2.45) is 0 Å². The van der Waals surface area contributed by atoms with Crippen LogP contribution in [0.4, 0.5) is 5.82 Å². The molecule has 0 bridgehead atoms. The number of rotatable bonds is 2. The van der Waals surface area contributed by atoms with E-state index in [0.29, 0.717) is 16.9 Å². The molecule has 17 heavy (non-hydrogen) atoms. The fourth-order valence-corrected chi connectivity index (χ4v) is 2.19. The lowest BCUT2D eigenvalue weighted by Gasteiger charge is -2.33. The fraction of sp³-hybridized carbons (Fsp3) is 0.455. The van der Waals surface area contributed by atoms with Crippen LogP contribution in [0, 0.1) is 0 Å². The van der Waals surface area contributed by atoms with Crippen LogP contribution in [0.1, 0.15) is 17.3 Å². The zero-order valence-corrected chi connectivity index (χ0v) is 10.2. The van der Waals surface area contributed by atoms with Crippen molar-refractivity contribution in [3.8, 4) is 0 Å². The molecule has 92 valence electrons. The van der Waals surface area contributed by atoms with Crippen LogP contribution in [-0.4, -0.2) is 41.7 Å². The minimum absolute atomic E-state index is 0.113. The van der Waals surface area contributed by atoms with Gasteiger partial charge in [0, 0.05) is 31.9 Å². The molecule has 0 radical (unpaired) electrons. The Kier molecular flexibility index (Phi) is 3.49. The van der Waals surface area contributed by atoms with Gasteiger partial charge in [0.1, 0.15) is 5.82 Å². The lowest BCUT2D eigenvalue weighted by Crippen LogP contribution is -2.49. The number of halogens is 1. The van der Waals surface area contributed by atoms with Gasteiger partial charge in [0.2, 0.25) is 0 Å². The molecule has 1 atom stereocenters. The van der Waals surface area contributed by atoms with E-state index in [1.807, 2.05) is 0 Å². The molecule has 0 aliphatic carbocycles. The molecule has 0 unspecified atom stereocenters. The Labute approximate surface area is 104 Å². The minimum atomic E-state index is -1.01. The van der Waals surface area contributed by atoms with E-state index in [9.17, 15) is 4.79 Å². The molecule has 0 aromatic carbocycles. The van der Waals surface area contributed by atoms with Gasteiger partial charge in [-0.3, -0.25) is 0 Å². The highest BCUT2D eigenvalue weighted by molar-refractivity contribution is 6.33. The van der Waals surface area contributed by atoms with Crippen LogP contribution < -0.4 is 10.2 Å². The topological polar surface area (TPSA) is 65.5 Å². The number of nitrogens with zero attached hydrogens (tertiary/aromatic N) is 2. The predicted octanol–water partition coefficient (Wildman–Crippen LogP) is 1.23. The van der Waals surface area contributed by atoms with E-state index >= 15 is 0 Å². The second-order valence-electron chi connectivity index (χ2n) is 4.14. The maximum Gasteiger partial charge on any atom is 0.337 e. The molecule has 1 saturated heterocycles. The third kappa shape index (κ3) is 2.68. The molecule has 0 saturated carbocycles. The first-order valence-corrected chi connectivity index (χ1v) is 5.83. The molecule has 2 heterocycles. The van der Waals surface area contributed by atoms with Gasteiger partial charge in [0.25, 0.3) is 0 Å². The number of carbonyl (C=O) groups is 1. The van der Waals surface area contributed by atoms with Crippen molar-refractivity contribution in [2.45, 2.75) is 13.0 Å². The van der Waals surface area contributed by atoms with E-state index in [0.717, 1.165) is 19.6 Å². The second kappa shape index (κ2) is 4.89. The number of pyridine rings is 1. The number of hydrogen-bond donors (Lipinski definition) is 2. The average molecular weight is 256 g/mol. The Balaban J connectivity index is 2.23. The Morgan fingerprint density at radius 3 is 3.06 bits per heavy atom. The molecule has 6 heteroatoms. The summed E-state index contributed by atoms with van der Waals surface area (Å²) in [7, 11) is 0. The Hall–Kier alpha value is -1.33. The maximum absolute atomic E-state index is 10.8. The Bertz CT molecular complexity index is 439. The minimum Gasteiger partial charge on any atom is -0.478 e. The summed E-state index contributed by atoms with van der Waals surface area (Å²) in [5.74, 6) is -0.357. The highest BCUT2D eigenvalue weighted by Crippen LogP contribution is 2.24. The Morgan fingerprint density at radius 2 is 2.47 bits per heavy atom. The number of carboxylic acids is 1. The van der Waals surface area contributed by atoms with Crippen LogP contribution in [0.15, 0.2) is 12.3 Å². The van der Waals surface area contributed by atoms with Gasteiger partial charge in [-0.05, 0) is 13.0 Å². The van der Waals surface area contributed by atoms with Gasteiger partial charge in [-0.1, -0.05) is 11.6 Å². The predicted molar refractivity (Wildman–Crippen MR) is 65.9 cm³/mol. The molecule has 1 aliphatic heterocycles. The van der Waals surface area contributed by atoms with E-state index in [-0.39, 0.29) is 5.56 Å². The van der Waals surface area contributed by atoms with Crippen molar-refractivity contribution in [1.82, 2.24) is 10.3 Å². The Morgan fingerprint density at radius 1 is 1.71 bits per heavy atom. The van der Waals surface area contributed by atoms with Crippen molar-refractivity contribution in [1.29, 1.82) is 0 Å². The fourth-order valence-electron chi connectivity index (χ4n) is 1.91. The van der Waals surface area contributed by atoms with Gasteiger partial charge in [0.15, 0.2) is 0 Å². The number of anilines is 1. The molecular weight excluding hydrogens is 242 g/mol. The van der Waals surface area contributed by atoms with E-state index in [1.165, 1.54) is 12.3 Å². The van der Waals surface area contributed by atoms with Crippen LogP contribution in [-0.2, 0) is 0 Å². The largest absolute Gasteiger partial charge is 0.478 e. The van der Waals surface area contributed by atoms with E-state index in [2.05, 4.69) is 22.1 Å². The summed E-state index contributed by atoms with van der Waals surface area (Å²) in [5, 5.41) is 12.5. The third-order valence-corrected chi connectivity index (χ3v) is 3.02. The first-order chi connectivity index (χ1) is 8.08. The van der Waals surface area contributed by atoms with Gasteiger partial charge in [0.05, 0.1) is 10.6 Å². The van der Waals surface area contributed by atoms with Crippen LogP contribution in [0.3, 0.4) is 0 Å². The second-order valence-corrected chi connectivity index (χ2v) is 4.54. The molecule has 2 rings (SSSR count). The average Bonchev–Trinajstić information content (AvgIpc) is 2.28. The van der Waals surface area contributed by atoms with Crippen molar-refractivity contribution in [3.63, 3.8) is 0 Å². The van der Waals surface area contributed by atoms with Crippen molar-refractivity contribution in [2.75, 3.05) is 24.5 Å². The summed E-state index contributed by atoms with van der Waals surface area (Å²) in [5.41, 5.74) is 0.113. The van der Waals surface area contributed by atoms with Crippen molar-refractivity contribution >= 4 is 23.4 Å². The van der Waals surface area contributed by atoms with E-state index in [1.54, 1.807) is 0 Å². The molecule has 5 nitrogen and oxygen atoms in total. The van der Waals surface area contributed by atoms with Gasteiger partial charge in [-0.2, -0.15) is 0 Å². The molecule has 2 N–H and O–H groups in total. The van der Waals surface area contributed by atoms with Crippen LogP contribution >= 0.6 is 11.6 Å². The summed E-state index contributed by atoms with van der Waals surface area (Å²) in [6.45, 7) is 4.61. The zero-order chi connectivity index (χ0) is 12.4. The van der Waals surface area contributed by atoms with Gasteiger partial charge in [-0.15, -0.1) is 0 Å². The first kappa shape index (κ1) is 12.1. The maximum atomic E-state index is 10.8. The normalized spacial score (nSPS) is 20.4. The molecular formula is C11H14ClN3O2. The van der Waals surface area contributed by atoms with Gasteiger partial charge >= 0.3 is 5.97 Å². The quantitative estimate of drug-likeness (QED) is 0.832. The van der Waals surface area contributed by atoms with E-state index < -0.39 is 5.97 Å². The van der Waals surface area contributed by atoms with Crippen LogP contribution in [0.2, 0.25) is 5.02 Å². The number of nitrogens with one attached hydrogen (secondary N) is 1. The lowest BCUT2D eigenvalue weighted by atomic mass is 10.2. The molecule has 0 spiro atoms. The summed E-state index contributed by atoms with van der Waals surface area (Å²) >= 11 is 6.07. The number of aromatic nitrogens is 1. The van der Waals surface area contributed by atoms with Crippen molar-refractivity contribution < 1.29 is 9.90 Å². The highest BCUT2D eigenvalue weighted by atomic mass is 35.5. The molecule has 1 aromatic heterocycles. The summed E-state index contributed by atoms with van der Waals surface area (Å²) in [6, 6.07) is 1.82. The van der Waals surface area contributed by atoms with E-state index in [4.69, 9.17) is 16.7 Å². The highest BCUT2D eigenvalue weighted by Gasteiger charge is 2.19. The number of hydrogen-bond acceptors (Lipinski definition) is 4. The third-order valence-electron chi connectivity index (χ3n) is 2.74. The molecule has 1 fully saturated rings. The lowest BCUT2D eigenvalue weighted by molar-refractivity contribution is 0.0696. The first-order valence-electron chi connectivity index (χ1n) is 5.45. The number of carboxylic acid groups (broad SMARTS) is 1. The van der Waals surface area contributed by atoms with Crippen molar-refractivity contribution in [3.05, 3.63) is 22.8 Å². The SMILES string of the molecule is C[C@@H]1CN(c2ncc(C(=O)O)cc2Cl)CCN1. The molecule has 0 amide bonds. The molecule has 1 aromatic rings. The summed E-state index contributed by atoms with van der Waals surface area (Å²) in [4.78, 5) is 17.0. The summed E-state index contributed by atoms with van der Waals surface area (Å²) in [6.07, 6.45) is 1.34. The number of aromatic carboxylic acids is 1. The molecule has 1 aliphatic rings. The van der Waals surface area contributed by atoms with Crippen LogP contribution in [0.25, 0.3) is 0 Å². The van der Waals surface area contributed by atoms with Gasteiger partial charge < -0.3 is 15.3 Å². The van der Waals surface area contributed by atoms with Crippen LogP contribution in [0.5, 0.6) is 0 Å². The summed E-state index contributed by atoms with van der Waals surface area (Å²) < 4.78 is 0.